The van der Waals surface area contributed by atoms with Crippen LogP contribution in [0.3, 0.4) is 0 Å². The number of pyridine rings is 1. The molecule has 2 aliphatic rings. The number of fused-ring (bicyclic) bond motifs is 4. The van der Waals surface area contributed by atoms with E-state index in [1.165, 1.54) is 19.1 Å². The molecule has 1 saturated heterocycles. The highest BCUT2D eigenvalue weighted by Crippen LogP contribution is 2.41. The molecule has 0 aliphatic carbocycles. The third-order valence-electron chi connectivity index (χ3n) is 6.46. The van der Waals surface area contributed by atoms with E-state index in [0.717, 1.165) is 24.5 Å². The lowest BCUT2D eigenvalue weighted by Crippen LogP contribution is -2.52. The molecule has 3 aromatic rings. The van der Waals surface area contributed by atoms with Crippen LogP contribution in [-0.2, 0) is 12.7 Å². The molecule has 0 N–H and O–H groups in total. The number of rotatable bonds is 2. The zero-order valence-corrected chi connectivity index (χ0v) is 17.7. The van der Waals surface area contributed by atoms with Crippen molar-refractivity contribution in [2.75, 3.05) is 0 Å². The molecule has 2 aliphatic heterocycles. The minimum absolute atomic E-state index is 0.0420. The van der Waals surface area contributed by atoms with Crippen molar-refractivity contribution < 1.29 is 18.0 Å². The van der Waals surface area contributed by atoms with Gasteiger partial charge in [-0.1, -0.05) is 12.1 Å². The maximum Gasteiger partial charge on any atom is 0.416 e. The van der Waals surface area contributed by atoms with Crippen LogP contribution in [0.2, 0.25) is 0 Å². The quantitative estimate of drug-likeness (QED) is 0.577. The summed E-state index contributed by atoms with van der Waals surface area (Å²) >= 11 is 0. The molecule has 2 atom stereocenters. The van der Waals surface area contributed by atoms with Crippen molar-refractivity contribution in [3.8, 4) is 11.5 Å². The number of hydrogen-bond donors (Lipinski definition) is 0. The maximum atomic E-state index is 13.5. The fourth-order valence-corrected chi connectivity index (χ4v) is 4.88. The van der Waals surface area contributed by atoms with Crippen molar-refractivity contribution >= 4 is 5.91 Å². The number of nitrogens with zero attached hydrogens (tertiary/aromatic N) is 5. The number of hydrogen-bond acceptors (Lipinski definition) is 4. The third kappa shape index (κ3) is 3.27. The maximum absolute atomic E-state index is 13.5. The molecule has 1 aromatic carbocycles. The Morgan fingerprint density at radius 3 is 2.62 bits per heavy atom. The molecular weight excluding hydrogens is 419 g/mol. The van der Waals surface area contributed by atoms with Gasteiger partial charge in [-0.3, -0.25) is 9.78 Å². The number of carbonyl (C=O) groups excluding carboxylic acids is 1. The number of aromatic nitrogens is 4. The molecule has 2 unspecified atom stereocenters. The summed E-state index contributed by atoms with van der Waals surface area (Å²) in [5, 5.41) is 8.73. The van der Waals surface area contributed by atoms with Crippen molar-refractivity contribution in [1.82, 2.24) is 24.6 Å². The van der Waals surface area contributed by atoms with Crippen molar-refractivity contribution in [1.29, 1.82) is 0 Å². The Labute approximate surface area is 183 Å². The first-order chi connectivity index (χ1) is 15.3. The standard InChI is InChI=1S/C23H22F3N5O/c1-13-9-10-18(27-11-13)20-28-29-21-19-8-3-5-15(12-30(20)21)31(19)22(32)16-6-4-7-17(14(16)2)23(24,25)26/h4,6-7,9-11,15,19H,3,5,8,12H2,1-2H3. The van der Waals surface area contributed by atoms with E-state index >= 15 is 0 Å². The zero-order valence-electron chi connectivity index (χ0n) is 17.7. The van der Waals surface area contributed by atoms with Crippen LogP contribution in [0.1, 0.15) is 58.2 Å². The van der Waals surface area contributed by atoms with Gasteiger partial charge in [0.1, 0.15) is 5.69 Å². The number of benzene rings is 1. The first-order valence-corrected chi connectivity index (χ1v) is 10.6. The number of carbonyl (C=O) groups is 1. The van der Waals surface area contributed by atoms with Crippen molar-refractivity contribution in [3.05, 3.63) is 64.6 Å². The molecule has 32 heavy (non-hydrogen) atoms. The summed E-state index contributed by atoms with van der Waals surface area (Å²) in [6.07, 6.45) is -0.342. The molecule has 5 rings (SSSR count). The molecule has 9 heteroatoms. The van der Waals surface area contributed by atoms with Crippen molar-refractivity contribution in [3.63, 3.8) is 0 Å². The molecule has 1 amide bonds. The Bertz CT molecular complexity index is 1190. The van der Waals surface area contributed by atoms with E-state index in [4.69, 9.17) is 0 Å². The summed E-state index contributed by atoms with van der Waals surface area (Å²) in [6.45, 7) is 3.81. The summed E-state index contributed by atoms with van der Waals surface area (Å²) in [4.78, 5) is 19.7. The van der Waals surface area contributed by atoms with E-state index in [9.17, 15) is 18.0 Å². The minimum atomic E-state index is -4.51. The normalized spacial score (nSPS) is 20.2. The molecule has 4 heterocycles. The van der Waals surface area contributed by atoms with Crippen LogP contribution in [0, 0.1) is 13.8 Å². The first kappa shape index (κ1) is 20.7. The van der Waals surface area contributed by atoms with E-state index < -0.39 is 11.7 Å². The SMILES string of the molecule is Cc1ccc(-c2nnc3n2CC2CCCC3N2C(=O)c2cccc(C(F)(F)F)c2C)nc1. The highest BCUT2D eigenvalue weighted by atomic mass is 19.4. The van der Waals surface area contributed by atoms with Crippen molar-refractivity contribution in [2.24, 2.45) is 0 Å². The zero-order chi connectivity index (χ0) is 22.6. The van der Waals surface area contributed by atoms with E-state index in [1.807, 2.05) is 23.6 Å². The Morgan fingerprint density at radius 2 is 1.91 bits per heavy atom. The molecule has 166 valence electrons. The van der Waals surface area contributed by atoms with E-state index in [0.29, 0.717) is 30.3 Å². The number of aryl methyl sites for hydroxylation is 1. The monoisotopic (exact) mass is 441 g/mol. The van der Waals surface area contributed by atoms with E-state index in [1.54, 1.807) is 11.1 Å². The first-order valence-electron chi connectivity index (χ1n) is 10.6. The van der Waals surface area contributed by atoms with Gasteiger partial charge in [0.25, 0.3) is 5.91 Å². The van der Waals surface area contributed by atoms with E-state index in [-0.39, 0.29) is 29.1 Å². The van der Waals surface area contributed by atoms with Crippen LogP contribution >= 0.6 is 0 Å². The number of amides is 1. The van der Waals surface area contributed by atoms with Crippen LogP contribution in [0.25, 0.3) is 11.5 Å². The molecule has 0 saturated carbocycles. The van der Waals surface area contributed by atoms with Crippen molar-refractivity contribution in [2.45, 2.75) is 57.9 Å². The predicted molar refractivity (Wildman–Crippen MR) is 111 cm³/mol. The molecule has 6 nitrogen and oxygen atoms in total. The Kier molecular flexibility index (Phi) is 4.79. The van der Waals surface area contributed by atoms with Gasteiger partial charge in [-0.2, -0.15) is 13.2 Å². The summed E-state index contributed by atoms with van der Waals surface area (Å²) in [6, 6.07) is 7.18. The second-order valence-electron chi connectivity index (χ2n) is 8.50. The highest BCUT2D eigenvalue weighted by Gasteiger charge is 2.44. The molecule has 2 aromatic heterocycles. The summed E-state index contributed by atoms with van der Waals surface area (Å²) < 4.78 is 42.2. The Balaban J connectivity index is 1.54. The second kappa shape index (κ2) is 7.43. The van der Waals surface area contributed by atoms with Gasteiger partial charge in [0, 0.05) is 18.3 Å². The summed E-state index contributed by atoms with van der Waals surface area (Å²) in [5.41, 5.74) is 1.02. The second-order valence-corrected chi connectivity index (χ2v) is 8.50. The lowest BCUT2D eigenvalue weighted by molar-refractivity contribution is -0.138. The van der Waals surface area contributed by atoms with E-state index in [2.05, 4.69) is 15.2 Å². The van der Waals surface area contributed by atoms with Gasteiger partial charge < -0.3 is 9.47 Å². The van der Waals surface area contributed by atoms with Gasteiger partial charge in [-0.15, -0.1) is 10.2 Å². The minimum Gasteiger partial charge on any atom is -0.324 e. The van der Waals surface area contributed by atoms with Crippen LogP contribution < -0.4 is 0 Å². The van der Waals surface area contributed by atoms with Gasteiger partial charge in [-0.05, 0) is 62.4 Å². The topological polar surface area (TPSA) is 63.9 Å². The van der Waals surface area contributed by atoms with Gasteiger partial charge in [0.2, 0.25) is 0 Å². The average molecular weight is 441 g/mol. The molecule has 0 spiro atoms. The lowest BCUT2D eigenvalue weighted by atomic mass is 9.90. The Hall–Kier alpha value is -3.23. The molecule has 0 radical (unpaired) electrons. The largest absolute Gasteiger partial charge is 0.416 e. The average Bonchev–Trinajstić information content (AvgIpc) is 3.16. The third-order valence-corrected chi connectivity index (χ3v) is 6.46. The van der Waals surface area contributed by atoms with Crippen LogP contribution in [0.5, 0.6) is 0 Å². The molecular formula is C23H22F3N5O. The van der Waals surface area contributed by atoms with Crippen LogP contribution in [0.4, 0.5) is 13.2 Å². The lowest BCUT2D eigenvalue weighted by Gasteiger charge is -2.46. The van der Waals surface area contributed by atoms with Crippen LogP contribution in [-0.4, -0.2) is 36.6 Å². The smallest absolute Gasteiger partial charge is 0.324 e. The van der Waals surface area contributed by atoms with Gasteiger partial charge in [0.15, 0.2) is 11.6 Å². The van der Waals surface area contributed by atoms with Crippen LogP contribution in [0.15, 0.2) is 36.5 Å². The number of halogens is 3. The summed E-state index contributed by atoms with van der Waals surface area (Å²) in [7, 11) is 0. The number of alkyl halides is 3. The Morgan fingerprint density at radius 1 is 1.09 bits per heavy atom. The van der Waals surface area contributed by atoms with Gasteiger partial charge >= 0.3 is 6.18 Å². The predicted octanol–water partition coefficient (Wildman–Crippen LogP) is 4.73. The fourth-order valence-electron chi connectivity index (χ4n) is 4.88. The number of piperidine rings is 1. The molecule has 2 bridgehead atoms. The van der Waals surface area contributed by atoms with Gasteiger partial charge in [-0.25, -0.2) is 0 Å². The van der Waals surface area contributed by atoms with Gasteiger partial charge in [0.05, 0.1) is 17.6 Å². The molecule has 1 fully saturated rings. The summed E-state index contributed by atoms with van der Waals surface area (Å²) in [5.74, 6) is 0.933. The fraction of sp³-hybridized carbons (Fsp3) is 0.391. The highest BCUT2D eigenvalue weighted by molar-refractivity contribution is 5.96.